The number of benzene rings is 2. The summed E-state index contributed by atoms with van der Waals surface area (Å²) in [5.41, 5.74) is 4.54. The molecule has 4 aliphatic rings. The summed E-state index contributed by atoms with van der Waals surface area (Å²) < 4.78 is 11.7. The van der Waals surface area contributed by atoms with E-state index in [9.17, 15) is 9.59 Å². The zero-order valence-corrected chi connectivity index (χ0v) is 19.7. The Hall–Kier alpha value is -2.86. The van der Waals surface area contributed by atoms with E-state index in [1.807, 2.05) is 12.1 Å². The van der Waals surface area contributed by atoms with Gasteiger partial charge in [-0.15, -0.1) is 0 Å². The van der Waals surface area contributed by atoms with Gasteiger partial charge in [-0.2, -0.15) is 0 Å². The lowest BCUT2D eigenvalue weighted by molar-refractivity contribution is -0.121. The maximum absolute atomic E-state index is 11.9. The molecule has 1 N–H and O–H groups in total. The monoisotopic (exact) mass is 450 g/mol. The van der Waals surface area contributed by atoms with Gasteiger partial charge in [0.15, 0.2) is 6.61 Å². The summed E-state index contributed by atoms with van der Waals surface area (Å²) in [7, 11) is 0. The average molecular weight is 451 g/mol. The fourth-order valence-corrected chi connectivity index (χ4v) is 4.60. The van der Waals surface area contributed by atoms with Crippen molar-refractivity contribution in [3.05, 3.63) is 47.5 Å². The van der Waals surface area contributed by atoms with Gasteiger partial charge in [-0.3, -0.25) is 14.5 Å². The standard InChI is InChI=1S/C21H30N2O4.C6H4/c1-3-7-17-19(10-9-16-18(25)14-27-21(16)17)26-13-6-12-23-11-5-4-8-20(23)22-15(2)24;1-2-6-4-3-5(1)6/h9-10,20H,3-8,11-14H2,1-2H3,(H,22,24);1-4H. The van der Waals surface area contributed by atoms with Crippen molar-refractivity contribution in [3.63, 3.8) is 0 Å². The largest absolute Gasteiger partial charge is 0.493 e. The molecule has 6 heteroatoms. The van der Waals surface area contributed by atoms with Crippen LogP contribution in [0.15, 0.2) is 36.4 Å². The van der Waals surface area contributed by atoms with Gasteiger partial charge in [0.2, 0.25) is 11.7 Å². The first kappa shape index (κ1) is 23.3. The Morgan fingerprint density at radius 2 is 1.91 bits per heavy atom. The van der Waals surface area contributed by atoms with Crippen LogP contribution in [0.1, 0.15) is 61.9 Å². The van der Waals surface area contributed by atoms with Gasteiger partial charge in [-0.25, -0.2) is 0 Å². The minimum absolute atomic E-state index is 0.0278. The van der Waals surface area contributed by atoms with Crippen LogP contribution in [0.3, 0.4) is 0 Å². The van der Waals surface area contributed by atoms with E-state index >= 15 is 0 Å². The molecule has 1 atom stereocenters. The van der Waals surface area contributed by atoms with E-state index in [1.54, 1.807) is 6.92 Å². The molecule has 0 bridgehead atoms. The second kappa shape index (κ2) is 10.8. The Labute approximate surface area is 196 Å². The molecule has 0 aromatic heterocycles. The first-order valence-electron chi connectivity index (χ1n) is 12.1. The maximum Gasteiger partial charge on any atom is 0.218 e. The Morgan fingerprint density at radius 3 is 2.55 bits per heavy atom. The van der Waals surface area contributed by atoms with Gasteiger partial charge in [0.05, 0.1) is 18.3 Å². The van der Waals surface area contributed by atoms with Crippen LogP contribution in [-0.4, -0.2) is 49.1 Å². The van der Waals surface area contributed by atoms with Crippen molar-refractivity contribution in [1.29, 1.82) is 0 Å². The summed E-state index contributed by atoms with van der Waals surface area (Å²) in [4.78, 5) is 25.6. The molecule has 1 unspecified atom stereocenters. The predicted octanol–water partition coefficient (Wildman–Crippen LogP) is 4.60. The molecule has 1 fully saturated rings. The van der Waals surface area contributed by atoms with Crippen LogP contribution in [0.4, 0.5) is 0 Å². The van der Waals surface area contributed by atoms with Gasteiger partial charge in [-0.05, 0) is 55.4 Å². The zero-order valence-electron chi connectivity index (χ0n) is 19.7. The number of ether oxygens (including phenoxy) is 2. The number of hydrogen-bond acceptors (Lipinski definition) is 5. The molecule has 1 aromatic rings. The molecule has 5 rings (SSSR count). The highest BCUT2D eigenvalue weighted by atomic mass is 16.5. The fraction of sp³-hybridized carbons (Fsp3) is 0.481. The molecule has 6 nitrogen and oxygen atoms in total. The number of likely N-dealkylation sites (tertiary alicyclic amines) is 1. The number of carbonyl (C=O) groups excluding carboxylic acids is 2. The minimum atomic E-state index is 0.0278. The van der Waals surface area contributed by atoms with E-state index in [0.717, 1.165) is 56.5 Å². The van der Waals surface area contributed by atoms with Gasteiger partial charge in [0.1, 0.15) is 11.5 Å². The lowest BCUT2D eigenvalue weighted by Gasteiger charge is -2.35. The number of carbonyl (C=O) groups is 2. The smallest absolute Gasteiger partial charge is 0.218 e. The second-order valence-electron chi connectivity index (χ2n) is 8.91. The Balaban J connectivity index is 0.000000367. The van der Waals surface area contributed by atoms with E-state index in [1.165, 1.54) is 17.5 Å². The first-order chi connectivity index (χ1) is 16.1. The molecule has 0 saturated carbocycles. The molecule has 33 heavy (non-hydrogen) atoms. The third-order valence-electron chi connectivity index (χ3n) is 6.41. The molecular formula is C27H34N2O4. The number of piperidine rings is 1. The molecule has 176 valence electrons. The molecule has 2 heterocycles. The van der Waals surface area contributed by atoms with Gasteiger partial charge in [0.25, 0.3) is 0 Å². The van der Waals surface area contributed by atoms with E-state index < -0.39 is 0 Å². The first-order valence-corrected chi connectivity index (χ1v) is 12.1. The normalized spacial score (nSPS) is 18.0. The maximum atomic E-state index is 11.9. The van der Waals surface area contributed by atoms with Crippen LogP contribution < -0.4 is 14.8 Å². The highest BCUT2D eigenvalue weighted by Gasteiger charge is 2.26. The lowest BCUT2D eigenvalue weighted by Crippen LogP contribution is -2.50. The van der Waals surface area contributed by atoms with Crippen molar-refractivity contribution in [1.82, 2.24) is 10.2 Å². The van der Waals surface area contributed by atoms with E-state index in [4.69, 9.17) is 9.47 Å². The minimum Gasteiger partial charge on any atom is -0.493 e. The van der Waals surface area contributed by atoms with Gasteiger partial charge in [-0.1, -0.05) is 37.6 Å². The van der Waals surface area contributed by atoms with Crippen molar-refractivity contribution < 1.29 is 19.1 Å². The quantitative estimate of drug-likeness (QED) is 0.508. The number of Topliss-reactive ketones (excluding diaryl/α,β-unsaturated/α-hetero) is 1. The summed E-state index contributed by atoms with van der Waals surface area (Å²) >= 11 is 0. The van der Waals surface area contributed by atoms with Crippen molar-refractivity contribution in [2.75, 3.05) is 26.3 Å². The molecular weight excluding hydrogens is 416 g/mol. The number of fused-ring (bicyclic) bond motifs is 2. The van der Waals surface area contributed by atoms with E-state index in [0.29, 0.717) is 17.9 Å². The van der Waals surface area contributed by atoms with Crippen LogP contribution in [0.2, 0.25) is 0 Å². The van der Waals surface area contributed by atoms with Crippen LogP contribution >= 0.6 is 0 Å². The number of rotatable bonds is 8. The van der Waals surface area contributed by atoms with Crippen molar-refractivity contribution in [2.24, 2.45) is 0 Å². The lowest BCUT2D eigenvalue weighted by atomic mass is 9.95. The van der Waals surface area contributed by atoms with Crippen LogP contribution in [0.25, 0.3) is 11.1 Å². The second-order valence-corrected chi connectivity index (χ2v) is 8.91. The Kier molecular flexibility index (Phi) is 7.65. The molecule has 2 aliphatic carbocycles. The molecule has 0 spiro atoms. The summed E-state index contributed by atoms with van der Waals surface area (Å²) in [6, 6.07) is 12.2. The SMILES string of the molecule is CCCc1c(OCCCN2CCCCC2NC(C)=O)ccc2c1OCC2=O.c1cc2ccc1-2. The number of nitrogens with one attached hydrogen (secondary N) is 1. The third-order valence-corrected chi connectivity index (χ3v) is 6.41. The summed E-state index contributed by atoms with van der Waals surface area (Å²) in [5, 5.41) is 3.05. The number of amides is 1. The van der Waals surface area contributed by atoms with E-state index in [2.05, 4.69) is 41.4 Å². The fourth-order valence-electron chi connectivity index (χ4n) is 4.60. The summed E-state index contributed by atoms with van der Waals surface area (Å²) in [5.74, 6) is 1.60. The van der Waals surface area contributed by atoms with E-state index in [-0.39, 0.29) is 24.5 Å². The molecule has 0 radical (unpaired) electrons. The summed E-state index contributed by atoms with van der Waals surface area (Å²) in [6.07, 6.45) is 6.18. The zero-order chi connectivity index (χ0) is 23.2. The molecule has 2 aliphatic heterocycles. The number of ketones is 1. The Morgan fingerprint density at radius 1 is 1.15 bits per heavy atom. The van der Waals surface area contributed by atoms with Gasteiger partial charge >= 0.3 is 0 Å². The highest BCUT2D eigenvalue weighted by Crippen LogP contribution is 2.37. The van der Waals surface area contributed by atoms with Crippen LogP contribution in [0, 0.1) is 0 Å². The number of nitrogens with zero attached hydrogens (tertiary/aromatic N) is 1. The molecule has 1 amide bonds. The van der Waals surface area contributed by atoms with Crippen LogP contribution in [-0.2, 0) is 11.2 Å². The van der Waals surface area contributed by atoms with Crippen molar-refractivity contribution in [2.45, 2.75) is 58.5 Å². The molecule has 1 aromatic carbocycles. The average Bonchev–Trinajstić information content (AvgIpc) is 3.17. The van der Waals surface area contributed by atoms with Crippen molar-refractivity contribution >= 4 is 11.7 Å². The molecule has 1 saturated heterocycles. The topological polar surface area (TPSA) is 67.9 Å². The van der Waals surface area contributed by atoms with Crippen LogP contribution in [0.5, 0.6) is 11.5 Å². The number of hydrogen-bond donors (Lipinski definition) is 1. The highest BCUT2D eigenvalue weighted by molar-refractivity contribution is 6.03. The van der Waals surface area contributed by atoms with Crippen molar-refractivity contribution in [3.8, 4) is 22.6 Å². The predicted molar refractivity (Wildman–Crippen MR) is 129 cm³/mol. The third kappa shape index (κ3) is 5.56. The van der Waals surface area contributed by atoms with Gasteiger partial charge < -0.3 is 14.8 Å². The Bertz CT molecular complexity index is 965. The van der Waals surface area contributed by atoms with Gasteiger partial charge in [0, 0.05) is 25.6 Å². The summed E-state index contributed by atoms with van der Waals surface area (Å²) in [6.45, 7) is 6.33.